The number of nitrogen functional groups attached to an aromatic ring is 1. The molecule has 1 saturated carbocycles. The van der Waals surface area contributed by atoms with Gasteiger partial charge in [-0.25, -0.2) is 8.42 Å². The summed E-state index contributed by atoms with van der Waals surface area (Å²) in [6.07, 6.45) is 1.86. The smallest absolute Gasteiger partial charge is 0.244 e. The third-order valence-electron chi connectivity index (χ3n) is 3.39. The van der Waals surface area contributed by atoms with E-state index in [-0.39, 0.29) is 10.9 Å². The van der Waals surface area contributed by atoms with Crippen molar-refractivity contribution in [2.24, 2.45) is 0 Å². The van der Waals surface area contributed by atoms with E-state index in [0.717, 1.165) is 17.7 Å². The van der Waals surface area contributed by atoms with Crippen molar-refractivity contribution in [3.63, 3.8) is 0 Å². The first-order valence-electron chi connectivity index (χ1n) is 6.58. The average Bonchev–Trinajstić information content (AvgIpc) is 3.11. The van der Waals surface area contributed by atoms with Crippen LogP contribution in [0.3, 0.4) is 0 Å². The van der Waals surface area contributed by atoms with Crippen molar-refractivity contribution in [3.8, 4) is 0 Å². The van der Waals surface area contributed by atoms with Gasteiger partial charge in [0.1, 0.15) is 0 Å². The minimum atomic E-state index is -3.52. The molecule has 0 radical (unpaired) electrons. The highest BCUT2D eigenvalue weighted by atomic mass is 79.9. The van der Waals surface area contributed by atoms with Gasteiger partial charge in [0.15, 0.2) is 0 Å². The zero-order chi connectivity index (χ0) is 15.0. The summed E-state index contributed by atoms with van der Waals surface area (Å²) in [5.74, 6) is 0. The zero-order valence-electron chi connectivity index (χ0n) is 11.2. The first-order chi connectivity index (χ1) is 9.98. The van der Waals surface area contributed by atoms with Gasteiger partial charge in [-0.2, -0.15) is 4.31 Å². The van der Waals surface area contributed by atoms with E-state index < -0.39 is 10.0 Å². The molecule has 0 unspecified atom stereocenters. The summed E-state index contributed by atoms with van der Waals surface area (Å²) in [5.41, 5.74) is 6.23. The summed E-state index contributed by atoms with van der Waals surface area (Å²) >= 11 is 4.89. The van der Waals surface area contributed by atoms with Gasteiger partial charge in [0.05, 0.1) is 4.90 Å². The summed E-state index contributed by atoms with van der Waals surface area (Å²) in [4.78, 5) is 1.33. The Morgan fingerprint density at radius 2 is 2.10 bits per heavy atom. The molecule has 4 nitrogen and oxygen atoms in total. The van der Waals surface area contributed by atoms with E-state index in [0.29, 0.717) is 16.7 Å². The molecule has 112 valence electrons. The molecule has 1 aliphatic rings. The Morgan fingerprint density at radius 3 is 2.67 bits per heavy atom. The maximum absolute atomic E-state index is 12.9. The maximum atomic E-state index is 12.9. The summed E-state index contributed by atoms with van der Waals surface area (Å²) in [6.45, 7) is 0.432. The largest absolute Gasteiger partial charge is 0.399 e. The monoisotopic (exact) mass is 386 g/mol. The van der Waals surface area contributed by atoms with Gasteiger partial charge in [0.2, 0.25) is 10.0 Å². The molecule has 1 fully saturated rings. The lowest BCUT2D eigenvalue weighted by atomic mass is 10.3. The highest BCUT2D eigenvalue weighted by molar-refractivity contribution is 9.10. The summed E-state index contributed by atoms with van der Waals surface area (Å²) in [5, 5.41) is 1.96. The molecule has 0 amide bonds. The molecule has 1 heterocycles. The van der Waals surface area contributed by atoms with Gasteiger partial charge in [-0.1, -0.05) is 6.07 Å². The van der Waals surface area contributed by atoms with Crippen LogP contribution in [-0.4, -0.2) is 18.8 Å². The number of nitrogens with two attached hydrogens (primary N) is 1. The van der Waals surface area contributed by atoms with Crippen molar-refractivity contribution in [3.05, 3.63) is 45.1 Å². The molecule has 1 aromatic heterocycles. The van der Waals surface area contributed by atoms with Gasteiger partial charge in [0.25, 0.3) is 0 Å². The number of hydrogen-bond donors (Lipinski definition) is 1. The Morgan fingerprint density at radius 1 is 1.33 bits per heavy atom. The summed E-state index contributed by atoms with van der Waals surface area (Å²) in [7, 11) is -3.52. The second-order valence-electron chi connectivity index (χ2n) is 5.05. The highest BCUT2D eigenvalue weighted by Gasteiger charge is 2.39. The average molecular weight is 387 g/mol. The van der Waals surface area contributed by atoms with E-state index >= 15 is 0 Å². The van der Waals surface area contributed by atoms with Gasteiger partial charge in [0, 0.05) is 27.6 Å². The van der Waals surface area contributed by atoms with Crippen molar-refractivity contribution in [1.82, 2.24) is 4.31 Å². The van der Waals surface area contributed by atoms with E-state index in [2.05, 4.69) is 15.9 Å². The topological polar surface area (TPSA) is 63.4 Å². The Hall–Kier alpha value is -0.890. The van der Waals surface area contributed by atoms with Crippen LogP contribution in [-0.2, 0) is 16.6 Å². The lowest BCUT2D eigenvalue weighted by Crippen LogP contribution is -2.32. The predicted molar refractivity (Wildman–Crippen MR) is 88.6 cm³/mol. The number of nitrogens with zero attached hydrogens (tertiary/aromatic N) is 1. The van der Waals surface area contributed by atoms with Crippen LogP contribution in [0.2, 0.25) is 0 Å². The van der Waals surface area contributed by atoms with Crippen LogP contribution in [0.15, 0.2) is 45.1 Å². The van der Waals surface area contributed by atoms with Gasteiger partial charge >= 0.3 is 0 Å². The molecule has 0 bridgehead atoms. The Balaban J connectivity index is 1.97. The normalized spacial score (nSPS) is 15.5. The third-order valence-corrected chi connectivity index (χ3v) is 7.12. The lowest BCUT2D eigenvalue weighted by Gasteiger charge is -2.22. The minimum Gasteiger partial charge on any atom is -0.399 e. The van der Waals surface area contributed by atoms with Crippen molar-refractivity contribution >= 4 is 43.0 Å². The molecule has 3 rings (SSSR count). The molecule has 0 atom stereocenters. The number of thiophene rings is 1. The van der Waals surface area contributed by atoms with Crippen molar-refractivity contribution in [1.29, 1.82) is 0 Å². The first kappa shape index (κ1) is 15.0. The fourth-order valence-electron chi connectivity index (χ4n) is 2.18. The highest BCUT2D eigenvalue weighted by Crippen LogP contribution is 2.36. The number of sulfonamides is 1. The molecule has 1 aromatic carbocycles. The van der Waals surface area contributed by atoms with E-state index in [9.17, 15) is 8.42 Å². The molecule has 1 aliphatic carbocycles. The van der Waals surface area contributed by atoms with Crippen LogP contribution in [0, 0.1) is 0 Å². The van der Waals surface area contributed by atoms with Gasteiger partial charge in [-0.3, -0.25) is 0 Å². The van der Waals surface area contributed by atoms with Crippen LogP contribution in [0.5, 0.6) is 0 Å². The van der Waals surface area contributed by atoms with Crippen LogP contribution in [0.25, 0.3) is 0 Å². The summed E-state index contributed by atoms with van der Waals surface area (Å²) in [6, 6.07) is 8.83. The molecule has 7 heteroatoms. The number of halogens is 1. The zero-order valence-corrected chi connectivity index (χ0v) is 14.4. The second-order valence-corrected chi connectivity index (χ2v) is 8.80. The van der Waals surface area contributed by atoms with E-state index in [1.54, 1.807) is 33.8 Å². The second kappa shape index (κ2) is 5.72. The number of rotatable bonds is 5. The van der Waals surface area contributed by atoms with Crippen LogP contribution in [0.4, 0.5) is 5.69 Å². The minimum absolute atomic E-state index is 0.113. The van der Waals surface area contributed by atoms with Gasteiger partial charge < -0.3 is 5.73 Å². The number of hydrogen-bond acceptors (Lipinski definition) is 4. The van der Waals surface area contributed by atoms with Crippen molar-refractivity contribution < 1.29 is 8.42 Å². The molecule has 21 heavy (non-hydrogen) atoms. The molecular weight excluding hydrogens is 372 g/mol. The molecular formula is C14H15BrN2O2S2. The van der Waals surface area contributed by atoms with E-state index in [4.69, 9.17) is 5.73 Å². The van der Waals surface area contributed by atoms with Crippen LogP contribution < -0.4 is 5.73 Å². The van der Waals surface area contributed by atoms with Gasteiger partial charge in [-0.15, -0.1) is 11.3 Å². The maximum Gasteiger partial charge on any atom is 0.244 e. The standard InChI is InChI=1S/C14H15BrN2O2S2/c15-13-8-10(16)3-6-14(13)21(18,19)17(11-4-5-11)9-12-2-1-7-20-12/h1-3,6-8,11H,4-5,9,16H2. The molecule has 0 spiro atoms. The van der Waals surface area contributed by atoms with Crippen LogP contribution >= 0.6 is 27.3 Å². The van der Waals surface area contributed by atoms with Crippen molar-refractivity contribution in [2.75, 3.05) is 5.73 Å². The van der Waals surface area contributed by atoms with E-state index in [1.165, 1.54) is 0 Å². The third kappa shape index (κ3) is 3.15. The quantitative estimate of drug-likeness (QED) is 0.800. The molecule has 2 aromatic rings. The van der Waals surface area contributed by atoms with Crippen LogP contribution in [0.1, 0.15) is 17.7 Å². The Bertz CT molecular complexity index is 740. The first-order valence-corrected chi connectivity index (χ1v) is 9.69. The van der Waals surface area contributed by atoms with Gasteiger partial charge in [-0.05, 0) is 58.4 Å². The fourth-order valence-corrected chi connectivity index (χ4v) is 5.69. The molecule has 0 aliphatic heterocycles. The number of anilines is 1. The molecule has 0 saturated heterocycles. The SMILES string of the molecule is Nc1ccc(S(=O)(=O)N(Cc2cccs2)C2CC2)c(Br)c1. The summed E-state index contributed by atoms with van der Waals surface area (Å²) < 4.78 is 28.0. The van der Waals surface area contributed by atoms with Crippen molar-refractivity contribution in [2.45, 2.75) is 30.3 Å². The fraction of sp³-hybridized carbons (Fsp3) is 0.286. The molecule has 2 N–H and O–H groups in total. The number of benzene rings is 1. The lowest BCUT2D eigenvalue weighted by molar-refractivity contribution is 0.401. The Kier molecular flexibility index (Phi) is 4.09. The Labute approximate surface area is 136 Å². The van der Waals surface area contributed by atoms with E-state index in [1.807, 2.05) is 17.5 Å². The predicted octanol–water partition coefficient (Wildman–Crippen LogP) is 3.45.